The Hall–Kier alpha value is -2.27. The van der Waals surface area contributed by atoms with Gasteiger partial charge in [-0.2, -0.15) is 0 Å². The van der Waals surface area contributed by atoms with Crippen molar-refractivity contribution < 1.29 is 14.6 Å². The molecule has 1 aromatic carbocycles. The van der Waals surface area contributed by atoms with Crippen LogP contribution in [-0.2, 0) is 6.61 Å². The van der Waals surface area contributed by atoms with Gasteiger partial charge in [0.25, 0.3) is 0 Å². The molecule has 1 aromatic heterocycles. The Morgan fingerprint density at radius 3 is 2.87 bits per heavy atom. The number of hydrogen-bond acceptors (Lipinski definition) is 5. The van der Waals surface area contributed by atoms with Gasteiger partial charge in [0.2, 0.25) is 0 Å². The van der Waals surface area contributed by atoms with E-state index in [1.807, 2.05) is 30.3 Å². The summed E-state index contributed by atoms with van der Waals surface area (Å²) >= 11 is 0. The van der Waals surface area contributed by atoms with E-state index in [0.29, 0.717) is 0 Å². The maximum atomic E-state index is 9.50. The summed E-state index contributed by atoms with van der Waals surface area (Å²) in [6.07, 6.45) is 5.64. The number of piperidine rings is 1. The number of anilines is 1. The van der Waals surface area contributed by atoms with E-state index in [1.165, 1.54) is 0 Å². The molecule has 1 fully saturated rings. The van der Waals surface area contributed by atoms with Crippen molar-refractivity contribution in [3.8, 4) is 11.5 Å². The molecule has 0 amide bonds. The summed E-state index contributed by atoms with van der Waals surface area (Å²) in [7, 11) is 1.65. The molecule has 5 heteroatoms. The molecule has 0 saturated carbocycles. The Balaban J connectivity index is 1.73. The van der Waals surface area contributed by atoms with Crippen molar-refractivity contribution in [3.05, 3.63) is 48.3 Å². The second-order valence-electron chi connectivity index (χ2n) is 5.64. The Kier molecular flexibility index (Phi) is 4.98. The normalized spacial score (nSPS) is 17.8. The van der Waals surface area contributed by atoms with Crippen molar-refractivity contribution in [3.63, 3.8) is 0 Å². The van der Waals surface area contributed by atoms with Gasteiger partial charge in [0, 0.05) is 30.2 Å². The van der Waals surface area contributed by atoms with Crippen LogP contribution in [0.3, 0.4) is 0 Å². The van der Waals surface area contributed by atoms with Gasteiger partial charge in [-0.1, -0.05) is 12.1 Å². The summed E-state index contributed by atoms with van der Waals surface area (Å²) in [4.78, 5) is 6.35. The number of nitrogens with zero attached hydrogens (tertiary/aromatic N) is 2. The van der Waals surface area contributed by atoms with Gasteiger partial charge < -0.3 is 19.5 Å². The van der Waals surface area contributed by atoms with Crippen LogP contribution in [0.1, 0.15) is 18.4 Å². The number of pyridine rings is 1. The van der Waals surface area contributed by atoms with Crippen LogP contribution in [0.4, 0.5) is 5.69 Å². The van der Waals surface area contributed by atoms with E-state index in [0.717, 1.165) is 48.7 Å². The molecular weight excluding hydrogens is 292 g/mol. The molecule has 122 valence electrons. The lowest BCUT2D eigenvalue weighted by Crippen LogP contribution is -2.41. The zero-order valence-electron chi connectivity index (χ0n) is 13.3. The molecule has 2 aromatic rings. The first-order valence-corrected chi connectivity index (χ1v) is 7.90. The topological polar surface area (TPSA) is 54.8 Å². The van der Waals surface area contributed by atoms with Gasteiger partial charge in [-0.05, 0) is 31.0 Å². The number of para-hydroxylation sites is 2. The van der Waals surface area contributed by atoms with E-state index in [1.54, 1.807) is 19.5 Å². The van der Waals surface area contributed by atoms with E-state index in [-0.39, 0.29) is 12.7 Å². The quantitative estimate of drug-likeness (QED) is 0.919. The summed E-state index contributed by atoms with van der Waals surface area (Å²) in [6, 6.07) is 9.68. The Bertz CT molecular complexity index is 648. The summed E-state index contributed by atoms with van der Waals surface area (Å²) < 4.78 is 11.5. The van der Waals surface area contributed by atoms with Crippen molar-refractivity contribution in [2.75, 3.05) is 25.1 Å². The smallest absolute Gasteiger partial charge is 0.161 e. The molecule has 5 nitrogen and oxygen atoms in total. The fourth-order valence-corrected chi connectivity index (χ4v) is 3.00. The second-order valence-corrected chi connectivity index (χ2v) is 5.64. The summed E-state index contributed by atoms with van der Waals surface area (Å²) in [6.45, 7) is 1.75. The lowest BCUT2D eigenvalue weighted by Gasteiger charge is -2.35. The highest BCUT2D eigenvalue weighted by Gasteiger charge is 2.23. The van der Waals surface area contributed by atoms with Crippen molar-refractivity contribution in [2.24, 2.45) is 0 Å². The Morgan fingerprint density at radius 1 is 1.26 bits per heavy atom. The first-order valence-electron chi connectivity index (χ1n) is 7.90. The number of aliphatic hydroxyl groups excluding tert-OH is 1. The third-order valence-electron chi connectivity index (χ3n) is 4.13. The maximum absolute atomic E-state index is 9.50. The molecule has 0 aliphatic carbocycles. The number of hydrogen-bond donors (Lipinski definition) is 1. The summed E-state index contributed by atoms with van der Waals surface area (Å²) in [5, 5.41) is 9.50. The largest absolute Gasteiger partial charge is 0.493 e. The predicted octanol–water partition coefficient (Wildman–Crippen LogP) is 2.63. The lowest BCUT2D eigenvalue weighted by molar-refractivity contribution is 0.172. The number of rotatable bonds is 5. The number of aromatic nitrogens is 1. The van der Waals surface area contributed by atoms with E-state index >= 15 is 0 Å². The summed E-state index contributed by atoms with van der Waals surface area (Å²) in [5.41, 5.74) is 1.89. The first-order chi connectivity index (χ1) is 11.3. The summed E-state index contributed by atoms with van der Waals surface area (Å²) in [5.74, 6) is 1.53. The molecular formula is C18H22N2O3. The van der Waals surface area contributed by atoms with Crippen molar-refractivity contribution in [2.45, 2.75) is 25.6 Å². The van der Waals surface area contributed by atoms with E-state index in [2.05, 4.69) is 9.88 Å². The molecule has 1 aliphatic rings. The van der Waals surface area contributed by atoms with E-state index in [4.69, 9.17) is 9.47 Å². The van der Waals surface area contributed by atoms with Gasteiger partial charge in [-0.3, -0.25) is 4.98 Å². The second kappa shape index (κ2) is 7.33. The highest BCUT2D eigenvalue weighted by Crippen LogP contribution is 2.30. The molecule has 1 aliphatic heterocycles. The van der Waals surface area contributed by atoms with Gasteiger partial charge in [-0.25, -0.2) is 0 Å². The molecule has 3 rings (SSSR count). The minimum Gasteiger partial charge on any atom is -0.493 e. The maximum Gasteiger partial charge on any atom is 0.161 e. The predicted molar refractivity (Wildman–Crippen MR) is 89.0 cm³/mol. The van der Waals surface area contributed by atoms with Crippen molar-refractivity contribution in [1.29, 1.82) is 0 Å². The molecule has 1 atom stereocenters. The lowest BCUT2D eigenvalue weighted by atomic mass is 10.1. The van der Waals surface area contributed by atoms with Crippen LogP contribution < -0.4 is 14.4 Å². The molecule has 1 N–H and O–H groups in total. The van der Waals surface area contributed by atoms with Gasteiger partial charge in [0.1, 0.15) is 6.10 Å². The van der Waals surface area contributed by atoms with Gasteiger partial charge >= 0.3 is 0 Å². The standard InChI is InChI=1S/C18H22N2O3/c1-22-17-6-2-3-7-18(17)23-15-5-4-10-20(12-15)16-8-9-19-11-14(16)13-21/h2-3,6-9,11,15,21H,4-5,10,12-13H2,1H3. The molecule has 23 heavy (non-hydrogen) atoms. The van der Waals surface area contributed by atoms with Crippen LogP contribution in [0.5, 0.6) is 11.5 Å². The van der Waals surface area contributed by atoms with Gasteiger partial charge in [-0.15, -0.1) is 0 Å². The van der Waals surface area contributed by atoms with Crippen LogP contribution in [0, 0.1) is 0 Å². The van der Waals surface area contributed by atoms with Gasteiger partial charge in [0.05, 0.1) is 20.3 Å². The number of ether oxygens (including phenoxy) is 2. The number of benzene rings is 1. The fraction of sp³-hybridized carbons (Fsp3) is 0.389. The average molecular weight is 314 g/mol. The molecule has 1 unspecified atom stereocenters. The van der Waals surface area contributed by atoms with Crippen LogP contribution in [0.15, 0.2) is 42.7 Å². The van der Waals surface area contributed by atoms with E-state index in [9.17, 15) is 5.11 Å². The number of methoxy groups -OCH3 is 1. The minimum absolute atomic E-state index is 0.00228. The van der Waals surface area contributed by atoms with Crippen LogP contribution in [0.25, 0.3) is 0 Å². The third-order valence-corrected chi connectivity index (χ3v) is 4.13. The van der Waals surface area contributed by atoms with Crippen LogP contribution >= 0.6 is 0 Å². The Morgan fingerprint density at radius 2 is 2.09 bits per heavy atom. The zero-order valence-corrected chi connectivity index (χ0v) is 13.3. The van der Waals surface area contributed by atoms with E-state index < -0.39 is 0 Å². The van der Waals surface area contributed by atoms with Crippen LogP contribution in [-0.4, -0.2) is 36.4 Å². The SMILES string of the molecule is COc1ccccc1OC1CCCN(c2ccncc2CO)C1. The minimum atomic E-state index is -0.00228. The van der Waals surface area contributed by atoms with Gasteiger partial charge in [0.15, 0.2) is 11.5 Å². The average Bonchev–Trinajstić information content (AvgIpc) is 2.62. The van der Waals surface area contributed by atoms with Crippen molar-refractivity contribution in [1.82, 2.24) is 4.98 Å². The molecule has 0 radical (unpaired) electrons. The van der Waals surface area contributed by atoms with Crippen LogP contribution in [0.2, 0.25) is 0 Å². The third kappa shape index (κ3) is 3.56. The monoisotopic (exact) mass is 314 g/mol. The first kappa shape index (κ1) is 15.6. The highest BCUT2D eigenvalue weighted by molar-refractivity contribution is 5.52. The Labute approximate surface area is 136 Å². The molecule has 0 spiro atoms. The fourth-order valence-electron chi connectivity index (χ4n) is 3.00. The number of aliphatic hydroxyl groups is 1. The molecule has 2 heterocycles. The molecule has 0 bridgehead atoms. The van der Waals surface area contributed by atoms with Crippen molar-refractivity contribution >= 4 is 5.69 Å². The highest BCUT2D eigenvalue weighted by atomic mass is 16.5. The zero-order chi connectivity index (χ0) is 16.1. The molecule has 1 saturated heterocycles.